The highest BCUT2D eigenvalue weighted by Crippen LogP contribution is 2.15. The van der Waals surface area contributed by atoms with E-state index in [9.17, 15) is 19.5 Å². The summed E-state index contributed by atoms with van der Waals surface area (Å²) in [6.07, 6.45) is 0.814. The van der Waals surface area contributed by atoms with Gasteiger partial charge in [0.2, 0.25) is 11.8 Å². The van der Waals surface area contributed by atoms with Crippen LogP contribution in [-0.4, -0.2) is 77.2 Å². The number of hydrogen-bond donors (Lipinski definition) is 2. The van der Waals surface area contributed by atoms with Crippen LogP contribution in [0.25, 0.3) is 0 Å². The van der Waals surface area contributed by atoms with Gasteiger partial charge in [-0.15, -0.1) is 0 Å². The summed E-state index contributed by atoms with van der Waals surface area (Å²) in [6.45, 7) is 9.52. The minimum absolute atomic E-state index is 0.127. The normalized spacial score (nSPS) is 18.1. The number of nitrogens with zero attached hydrogens (tertiary/aromatic N) is 2. The summed E-state index contributed by atoms with van der Waals surface area (Å²) in [5.74, 6) is -0.515. The lowest BCUT2D eigenvalue weighted by molar-refractivity contribution is -0.137. The molecule has 0 radical (unpaired) electrons. The lowest BCUT2D eigenvalue weighted by atomic mass is 10.1. The Morgan fingerprint density at radius 2 is 2.00 bits per heavy atom. The van der Waals surface area contributed by atoms with Gasteiger partial charge in [0.1, 0.15) is 5.60 Å². The number of hydrogen-bond acceptors (Lipinski definition) is 5. The Hall–Kier alpha value is -2.09. The van der Waals surface area contributed by atoms with Crippen LogP contribution in [0.1, 0.15) is 27.2 Å². The van der Waals surface area contributed by atoms with Crippen molar-refractivity contribution in [1.82, 2.24) is 15.1 Å². The van der Waals surface area contributed by atoms with Gasteiger partial charge in [-0.25, -0.2) is 4.79 Å². The molecule has 1 unspecified atom stereocenters. The van der Waals surface area contributed by atoms with Gasteiger partial charge >= 0.3 is 6.09 Å². The van der Waals surface area contributed by atoms with E-state index in [1.54, 1.807) is 25.7 Å². The lowest BCUT2D eigenvalue weighted by Gasteiger charge is -2.41. The number of aliphatic hydroxyl groups excluding tert-OH is 1. The molecule has 0 aliphatic carbocycles. The predicted octanol–water partition coefficient (Wildman–Crippen LogP) is 0.119. The topological polar surface area (TPSA) is 99.2 Å². The predicted molar refractivity (Wildman–Crippen MR) is 88.2 cm³/mol. The highest BCUT2D eigenvalue weighted by molar-refractivity contribution is 5.87. The first-order valence-corrected chi connectivity index (χ1v) is 7.96. The van der Waals surface area contributed by atoms with E-state index in [4.69, 9.17) is 4.74 Å². The van der Waals surface area contributed by atoms with Crippen molar-refractivity contribution < 1.29 is 24.2 Å². The summed E-state index contributed by atoms with van der Waals surface area (Å²) >= 11 is 0. The van der Waals surface area contributed by atoms with E-state index in [1.807, 2.05) is 0 Å². The van der Waals surface area contributed by atoms with E-state index in [0.717, 1.165) is 6.08 Å². The maximum Gasteiger partial charge on any atom is 0.410 e. The molecule has 8 nitrogen and oxygen atoms in total. The van der Waals surface area contributed by atoms with E-state index in [2.05, 4.69) is 11.9 Å². The van der Waals surface area contributed by atoms with Crippen LogP contribution in [-0.2, 0) is 14.3 Å². The first-order chi connectivity index (χ1) is 11.2. The van der Waals surface area contributed by atoms with Crippen molar-refractivity contribution in [2.45, 2.75) is 38.8 Å². The fraction of sp³-hybridized carbons (Fsp3) is 0.688. The molecule has 0 aromatic carbocycles. The van der Waals surface area contributed by atoms with Crippen molar-refractivity contribution in [1.29, 1.82) is 0 Å². The molecule has 24 heavy (non-hydrogen) atoms. The van der Waals surface area contributed by atoms with E-state index in [-0.39, 0.29) is 37.9 Å². The second kappa shape index (κ2) is 8.68. The van der Waals surface area contributed by atoms with E-state index < -0.39 is 17.7 Å². The summed E-state index contributed by atoms with van der Waals surface area (Å²) in [7, 11) is 0. The standard InChI is InChI=1S/C16H27N3O5/c1-5-13(21)17-7-6-14(22)19-9-8-18(10-12(19)11-20)15(23)24-16(2,3)4/h5,12,20H,1,6-11H2,2-4H3,(H,17,21). The van der Waals surface area contributed by atoms with Crippen LogP contribution >= 0.6 is 0 Å². The van der Waals surface area contributed by atoms with E-state index >= 15 is 0 Å². The molecule has 1 aliphatic heterocycles. The summed E-state index contributed by atoms with van der Waals surface area (Å²) in [5.41, 5.74) is -0.595. The Morgan fingerprint density at radius 1 is 1.33 bits per heavy atom. The Morgan fingerprint density at radius 3 is 2.54 bits per heavy atom. The second-order valence-corrected chi connectivity index (χ2v) is 6.60. The number of aliphatic hydroxyl groups is 1. The quantitative estimate of drug-likeness (QED) is 0.692. The van der Waals surface area contributed by atoms with Crippen LogP contribution in [0, 0.1) is 0 Å². The molecule has 0 spiro atoms. The molecular weight excluding hydrogens is 314 g/mol. The zero-order chi connectivity index (χ0) is 18.3. The van der Waals surface area contributed by atoms with E-state index in [0.29, 0.717) is 13.1 Å². The third-order valence-corrected chi connectivity index (χ3v) is 3.49. The number of amides is 3. The molecule has 2 N–H and O–H groups in total. The zero-order valence-corrected chi connectivity index (χ0v) is 14.6. The fourth-order valence-corrected chi connectivity index (χ4v) is 2.34. The van der Waals surface area contributed by atoms with Gasteiger partial charge in [-0.1, -0.05) is 6.58 Å². The first kappa shape index (κ1) is 20.0. The Bertz CT molecular complexity index is 487. The molecule has 0 bridgehead atoms. The molecule has 3 amide bonds. The number of piperazine rings is 1. The van der Waals surface area contributed by atoms with Crippen LogP contribution in [0.5, 0.6) is 0 Å². The van der Waals surface area contributed by atoms with Crippen molar-refractivity contribution in [2.75, 3.05) is 32.8 Å². The van der Waals surface area contributed by atoms with Crippen molar-refractivity contribution >= 4 is 17.9 Å². The highest BCUT2D eigenvalue weighted by Gasteiger charge is 2.33. The van der Waals surface area contributed by atoms with Crippen LogP contribution in [0.3, 0.4) is 0 Å². The molecule has 0 aromatic rings. The smallest absolute Gasteiger partial charge is 0.410 e. The number of carbonyl (C=O) groups is 3. The minimum atomic E-state index is -0.595. The van der Waals surface area contributed by atoms with Crippen LogP contribution in [0.15, 0.2) is 12.7 Å². The Balaban J connectivity index is 2.55. The zero-order valence-electron chi connectivity index (χ0n) is 14.6. The molecule has 136 valence electrons. The van der Waals surface area contributed by atoms with Crippen molar-refractivity contribution in [2.24, 2.45) is 0 Å². The summed E-state index contributed by atoms with van der Waals surface area (Å²) in [5, 5.41) is 12.1. The number of rotatable bonds is 5. The molecule has 1 aliphatic rings. The third-order valence-electron chi connectivity index (χ3n) is 3.49. The van der Waals surface area contributed by atoms with Gasteiger partial charge < -0.3 is 25.0 Å². The van der Waals surface area contributed by atoms with E-state index in [1.165, 1.54) is 4.90 Å². The monoisotopic (exact) mass is 341 g/mol. The highest BCUT2D eigenvalue weighted by atomic mass is 16.6. The van der Waals surface area contributed by atoms with Gasteiger partial charge in [0, 0.05) is 32.6 Å². The molecule has 0 saturated carbocycles. The molecule has 1 atom stereocenters. The maximum absolute atomic E-state index is 12.2. The molecule has 1 heterocycles. The molecule has 1 rings (SSSR count). The van der Waals surface area contributed by atoms with Crippen LogP contribution in [0.2, 0.25) is 0 Å². The van der Waals surface area contributed by atoms with Gasteiger partial charge in [-0.2, -0.15) is 0 Å². The van der Waals surface area contributed by atoms with Gasteiger partial charge in [0.15, 0.2) is 0 Å². The molecule has 0 aromatic heterocycles. The van der Waals surface area contributed by atoms with Crippen LogP contribution < -0.4 is 5.32 Å². The number of nitrogens with one attached hydrogen (secondary N) is 1. The van der Waals surface area contributed by atoms with Gasteiger partial charge in [0.25, 0.3) is 0 Å². The van der Waals surface area contributed by atoms with Crippen molar-refractivity contribution in [3.63, 3.8) is 0 Å². The van der Waals surface area contributed by atoms with Crippen molar-refractivity contribution in [3.05, 3.63) is 12.7 Å². The average Bonchev–Trinajstić information content (AvgIpc) is 2.52. The summed E-state index contributed by atoms with van der Waals surface area (Å²) in [6, 6.07) is -0.478. The first-order valence-electron chi connectivity index (χ1n) is 7.96. The summed E-state index contributed by atoms with van der Waals surface area (Å²) in [4.78, 5) is 38.4. The van der Waals surface area contributed by atoms with Crippen LogP contribution in [0.4, 0.5) is 4.79 Å². The molecular formula is C16H27N3O5. The van der Waals surface area contributed by atoms with Gasteiger partial charge in [0.05, 0.1) is 12.6 Å². The average molecular weight is 341 g/mol. The number of ether oxygens (including phenoxy) is 1. The largest absolute Gasteiger partial charge is 0.444 e. The lowest BCUT2D eigenvalue weighted by Crippen LogP contribution is -2.58. The second-order valence-electron chi connectivity index (χ2n) is 6.60. The van der Waals surface area contributed by atoms with Gasteiger partial charge in [-0.05, 0) is 26.8 Å². The summed E-state index contributed by atoms with van der Waals surface area (Å²) < 4.78 is 5.31. The SMILES string of the molecule is C=CC(=O)NCCC(=O)N1CCN(C(=O)OC(C)(C)C)CC1CO. The third kappa shape index (κ3) is 6.19. The molecule has 1 saturated heterocycles. The fourth-order valence-electron chi connectivity index (χ4n) is 2.34. The van der Waals surface area contributed by atoms with Crippen molar-refractivity contribution in [3.8, 4) is 0 Å². The molecule has 1 fully saturated rings. The maximum atomic E-state index is 12.2. The number of carbonyl (C=O) groups excluding carboxylic acids is 3. The Kier molecular flexibility index (Phi) is 7.21. The Labute approximate surface area is 142 Å². The van der Waals surface area contributed by atoms with Gasteiger partial charge in [-0.3, -0.25) is 9.59 Å². The minimum Gasteiger partial charge on any atom is -0.444 e. The molecule has 8 heteroatoms.